The van der Waals surface area contributed by atoms with Crippen molar-refractivity contribution in [2.24, 2.45) is 10.9 Å². The highest BCUT2D eigenvalue weighted by atomic mass is 16.5. The van der Waals surface area contributed by atoms with Crippen LogP contribution in [0.3, 0.4) is 0 Å². The van der Waals surface area contributed by atoms with Gasteiger partial charge in [0.2, 0.25) is 0 Å². The molecule has 0 spiro atoms. The van der Waals surface area contributed by atoms with Gasteiger partial charge in [0.15, 0.2) is 17.3 Å². The molecule has 2 rings (SSSR count). The molecule has 0 aliphatic carbocycles. The Morgan fingerprint density at radius 2 is 2.00 bits per heavy atom. The van der Waals surface area contributed by atoms with Crippen LogP contribution in [0.25, 0.3) is 0 Å². The highest BCUT2D eigenvalue weighted by molar-refractivity contribution is 5.97. The van der Waals surface area contributed by atoms with Crippen molar-refractivity contribution in [2.75, 3.05) is 0 Å². The summed E-state index contributed by atoms with van der Waals surface area (Å²) < 4.78 is 5.95. The van der Waals surface area contributed by atoms with Crippen LogP contribution in [0.4, 0.5) is 0 Å². The Kier molecular flexibility index (Phi) is 4.77. The van der Waals surface area contributed by atoms with Gasteiger partial charge in [-0.2, -0.15) is 0 Å². The Labute approximate surface area is 124 Å². The molecule has 1 aromatic heterocycles. The molecular weight excluding hydrogens is 266 g/mol. The molecular formula is C16H19N3O2. The lowest BCUT2D eigenvalue weighted by atomic mass is 9.98. The quantitative estimate of drug-likeness (QED) is 0.381. The summed E-state index contributed by atoms with van der Waals surface area (Å²) in [5.74, 6) is 1.52. The molecule has 5 nitrogen and oxygen atoms in total. The van der Waals surface area contributed by atoms with Gasteiger partial charge in [0.05, 0.1) is 0 Å². The largest absolute Gasteiger partial charge is 0.455 e. The SMILES string of the molecule is CCC(C)c1ccccc1Oc1cccnc1/C(N)=N/O. The molecule has 0 radical (unpaired) electrons. The van der Waals surface area contributed by atoms with Gasteiger partial charge in [0.1, 0.15) is 5.75 Å². The van der Waals surface area contributed by atoms with Gasteiger partial charge in [-0.05, 0) is 36.1 Å². The number of aromatic nitrogens is 1. The molecule has 5 heteroatoms. The number of hydrogen-bond donors (Lipinski definition) is 2. The topological polar surface area (TPSA) is 80.7 Å². The van der Waals surface area contributed by atoms with Crippen LogP contribution in [0.2, 0.25) is 0 Å². The number of nitrogens with two attached hydrogens (primary N) is 1. The summed E-state index contributed by atoms with van der Waals surface area (Å²) in [6.07, 6.45) is 2.58. The lowest BCUT2D eigenvalue weighted by molar-refractivity contribution is 0.318. The van der Waals surface area contributed by atoms with Crippen LogP contribution in [-0.2, 0) is 0 Å². The van der Waals surface area contributed by atoms with E-state index in [0.29, 0.717) is 17.4 Å². The lowest BCUT2D eigenvalue weighted by Gasteiger charge is -2.16. The van der Waals surface area contributed by atoms with E-state index >= 15 is 0 Å². The number of oxime groups is 1. The fourth-order valence-electron chi connectivity index (χ4n) is 2.03. The number of para-hydroxylation sites is 1. The first-order valence-electron chi connectivity index (χ1n) is 6.87. The lowest BCUT2D eigenvalue weighted by Crippen LogP contribution is -2.16. The van der Waals surface area contributed by atoms with Gasteiger partial charge in [-0.1, -0.05) is 37.2 Å². The first-order chi connectivity index (χ1) is 10.2. The molecule has 1 heterocycles. The Balaban J connectivity index is 2.40. The molecule has 0 saturated carbocycles. The molecule has 3 N–H and O–H groups in total. The Hall–Kier alpha value is -2.56. The second kappa shape index (κ2) is 6.74. The summed E-state index contributed by atoms with van der Waals surface area (Å²) in [4.78, 5) is 4.10. The highest BCUT2D eigenvalue weighted by Crippen LogP contribution is 2.32. The third kappa shape index (κ3) is 3.31. The maximum absolute atomic E-state index is 8.83. The van der Waals surface area contributed by atoms with E-state index in [2.05, 4.69) is 24.0 Å². The van der Waals surface area contributed by atoms with Crippen molar-refractivity contribution in [1.82, 2.24) is 4.98 Å². The zero-order chi connectivity index (χ0) is 15.2. The van der Waals surface area contributed by atoms with Crippen LogP contribution >= 0.6 is 0 Å². The molecule has 0 aliphatic rings. The molecule has 0 saturated heterocycles. The monoisotopic (exact) mass is 285 g/mol. The maximum Gasteiger partial charge on any atom is 0.192 e. The number of ether oxygens (including phenoxy) is 1. The molecule has 0 fully saturated rings. The van der Waals surface area contributed by atoms with Crippen molar-refractivity contribution >= 4 is 5.84 Å². The van der Waals surface area contributed by atoms with E-state index in [1.54, 1.807) is 18.3 Å². The van der Waals surface area contributed by atoms with Gasteiger partial charge in [0.25, 0.3) is 0 Å². The highest BCUT2D eigenvalue weighted by Gasteiger charge is 2.14. The standard InChI is InChI=1S/C16H19N3O2/c1-3-11(2)12-7-4-5-8-13(12)21-14-9-6-10-18-15(14)16(17)19-20/h4-11,20H,3H2,1-2H3,(H2,17,19). The minimum Gasteiger partial charge on any atom is -0.455 e. The smallest absolute Gasteiger partial charge is 0.192 e. The van der Waals surface area contributed by atoms with E-state index in [4.69, 9.17) is 15.7 Å². The molecule has 0 amide bonds. The van der Waals surface area contributed by atoms with E-state index in [9.17, 15) is 0 Å². The summed E-state index contributed by atoms with van der Waals surface area (Å²) in [6.45, 7) is 4.28. The van der Waals surface area contributed by atoms with Gasteiger partial charge in [-0.3, -0.25) is 0 Å². The normalized spacial score (nSPS) is 13.0. The predicted molar refractivity (Wildman–Crippen MR) is 82.0 cm³/mol. The van der Waals surface area contributed by atoms with Gasteiger partial charge in [0, 0.05) is 6.20 Å². The average Bonchev–Trinajstić information content (AvgIpc) is 2.54. The Bertz CT molecular complexity index is 641. The molecule has 1 unspecified atom stereocenters. The number of hydrogen-bond acceptors (Lipinski definition) is 4. The van der Waals surface area contributed by atoms with Gasteiger partial charge in [-0.25, -0.2) is 4.98 Å². The van der Waals surface area contributed by atoms with Crippen LogP contribution in [0.15, 0.2) is 47.8 Å². The van der Waals surface area contributed by atoms with Crippen LogP contribution in [0, 0.1) is 0 Å². The first kappa shape index (κ1) is 14.8. The van der Waals surface area contributed by atoms with E-state index in [-0.39, 0.29) is 5.84 Å². The van der Waals surface area contributed by atoms with Crippen molar-refractivity contribution in [2.45, 2.75) is 26.2 Å². The van der Waals surface area contributed by atoms with Crippen molar-refractivity contribution < 1.29 is 9.94 Å². The van der Waals surface area contributed by atoms with Crippen molar-refractivity contribution in [1.29, 1.82) is 0 Å². The predicted octanol–water partition coefficient (Wildman–Crippen LogP) is 3.48. The third-order valence-corrected chi connectivity index (χ3v) is 3.40. The molecule has 0 aliphatic heterocycles. The number of benzene rings is 1. The van der Waals surface area contributed by atoms with Gasteiger partial charge < -0.3 is 15.7 Å². The number of pyridine rings is 1. The molecule has 1 atom stereocenters. The van der Waals surface area contributed by atoms with Crippen LogP contribution < -0.4 is 10.5 Å². The fraction of sp³-hybridized carbons (Fsp3) is 0.250. The van der Waals surface area contributed by atoms with Crippen molar-refractivity contribution in [3.05, 3.63) is 53.9 Å². The molecule has 0 bridgehead atoms. The zero-order valence-electron chi connectivity index (χ0n) is 12.2. The number of rotatable bonds is 5. The summed E-state index contributed by atoms with van der Waals surface area (Å²) in [7, 11) is 0. The van der Waals surface area contributed by atoms with Crippen LogP contribution in [-0.4, -0.2) is 16.0 Å². The molecule has 1 aromatic carbocycles. The fourth-order valence-corrected chi connectivity index (χ4v) is 2.03. The first-order valence-corrected chi connectivity index (χ1v) is 6.87. The molecule has 21 heavy (non-hydrogen) atoms. The third-order valence-electron chi connectivity index (χ3n) is 3.40. The summed E-state index contributed by atoms with van der Waals surface area (Å²) >= 11 is 0. The minimum absolute atomic E-state index is 0.0772. The van der Waals surface area contributed by atoms with Gasteiger partial charge in [-0.15, -0.1) is 0 Å². The van der Waals surface area contributed by atoms with Crippen molar-refractivity contribution in [3.63, 3.8) is 0 Å². The van der Waals surface area contributed by atoms with Crippen LogP contribution in [0.1, 0.15) is 37.4 Å². The van der Waals surface area contributed by atoms with E-state index in [0.717, 1.165) is 17.7 Å². The summed E-state index contributed by atoms with van der Waals surface area (Å²) in [5.41, 5.74) is 7.07. The number of amidine groups is 1. The van der Waals surface area contributed by atoms with E-state index < -0.39 is 0 Å². The second-order valence-electron chi connectivity index (χ2n) is 4.78. The Morgan fingerprint density at radius 1 is 1.29 bits per heavy atom. The van der Waals surface area contributed by atoms with E-state index in [1.165, 1.54) is 0 Å². The zero-order valence-corrected chi connectivity index (χ0v) is 12.2. The summed E-state index contributed by atoms with van der Waals surface area (Å²) in [5, 5.41) is 11.8. The molecule has 110 valence electrons. The minimum atomic E-state index is -0.0772. The Morgan fingerprint density at radius 3 is 2.71 bits per heavy atom. The summed E-state index contributed by atoms with van der Waals surface area (Å²) in [6, 6.07) is 11.3. The molecule has 2 aromatic rings. The maximum atomic E-state index is 8.83. The van der Waals surface area contributed by atoms with E-state index in [1.807, 2.05) is 24.3 Å². The van der Waals surface area contributed by atoms with Crippen molar-refractivity contribution in [3.8, 4) is 11.5 Å². The second-order valence-corrected chi connectivity index (χ2v) is 4.78. The number of nitrogens with zero attached hydrogens (tertiary/aromatic N) is 2. The van der Waals surface area contributed by atoms with Gasteiger partial charge >= 0.3 is 0 Å². The van der Waals surface area contributed by atoms with Crippen LogP contribution in [0.5, 0.6) is 11.5 Å². The average molecular weight is 285 g/mol.